The monoisotopic (exact) mass is 498 g/mol. The summed E-state index contributed by atoms with van der Waals surface area (Å²) in [5, 5.41) is 15.2. The number of aliphatic hydroxyl groups excluding tert-OH is 2. The van der Waals surface area contributed by atoms with E-state index in [4.69, 9.17) is 10.2 Å². The SMILES string of the molecule is OC(F)C(F)(F)C(F)(F)C(F)(F)C(F)(F)C(F)(F)C(F)(F)C(F)(F)C(F)(F)C(O)F. The van der Waals surface area contributed by atoms with Crippen LogP contribution in [0.2, 0.25) is 0 Å². The quantitative estimate of drug-likeness (QED) is 0.455. The molecule has 0 spiro atoms. The molecule has 20 heteroatoms. The third-order valence-corrected chi connectivity index (χ3v) is 3.41. The summed E-state index contributed by atoms with van der Waals surface area (Å²) in [6.45, 7) is 0. The van der Waals surface area contributed by atoms with Gasteiger partial charge < -0.3 is 10.2 Å². The molecule has 0 aromatic rings. The number of hydrogen-bond acceptors (Lipinski definition) is 2. The van der Waals surface area contributed by atoms with E-state index in [0.717, 1.165) is 0 Å². The summed E-state index contributed by atoms with van der Waals surface area (Å²) in [6, 6.07) is 0. The molecule has 2 unspecified atom stereocenters. The van der Waals surface area contributed by atoms with E-state index in [1.165, 1.54) is 0 Å². The van der Waals surface area contributed by atoms with Crippen LogP contribution in [-0.2, 0) is 0 Å². The second-order valence-corrected chi connectivity index (χ2v) is 5.36. The van der Waals surface area contributed by atoms with Crippen molar-refractivity contribution in [3.63, 3.8) is 0 Å². The molecule has 0 aliphatic rings. The van der Waals surface area contributed by atoms with Crippen LogP contribution in [0, 0.1) is 0 Å². The van der Waals surface area contributed by atoms with E-state index in [9.17, 15) is 79.0 Å². The fraction of sp³-hybridized carbons (Fsp3) is 1.00. The van der Waals surface area contributed by atoms with Crippen molar-refractivity contribution in [2.45, 2.75) is 60.1 Å². The van der Waals surface area contributed by atoms with Gasteiger partial charge in [0.1, 0.15) is 0 Å². The van der Waals surface area contributed by atoms with Gasteiger partial charge in [-0.05, 0) is 0 Å². The Labute approximate surface area is 151 Å². The smallest absolute Gasteiger partial charge is 0.359 e. The van der Waals surface area contributed by atoms with Crippen molar-refractivity contribution in [3.05, 3.63) is 0 Å². The zero-order valence-electron chi connectivity index (χ0n) is 12.9. The Morgan fingerprint density at radius 2 is 0.467 bits per heavy atom. The Morgan fingerprint density at radius 3 is 0.600 bits per heavy atom. The van der Waals surface area contributed by atoms with E-state index in [0.29, 0.717) is 0 Å². The summed E-state index contributed by atoms with van der Waals surface area (Å²) in [6.07, 6.45) is -11.1. The Hall–Kier alpha value is -1.34. The van der Waals surface area contributed by atoms with Crippen LogP contribution >= 0.6 is 0 Å². The molecule has 30 heavy (non-hydrogen) atoms. The van der Waals surface area contributed by atoms with Gasteiger partial charge in [0.15, 0.2) is 0 Å². The summed E-state index contributed by atoms with van der Waals surface area (Å²) in [5.41, 5.74) is 0. The van der Waals surface area contributed by atoms with Gasteiger partial charge in [-0.3, -0.25) is 0 Å². The van der Waals surface area contributed by atoms with Gasteiger partial charge in [-0.2, -0.15) is 70.2 Å². The van der Waals surface area contributed by atoms with Crippen molar-refractivity contribution in [2.75, 3.05) is 0 Å². The summed E-state index contributed by atoms with van der Waals surface area (Å²) in [4.78, 5) is 0. The third kappa shape index (κ3) is 3.24. The fourth-order valence-electron chi connectivity index (χ4n) is 1.51. The van der Waals surface area contributed by atoms with Crippen LogP contribution < -0.4 is 0 Å². The summed E-state index contributed by atoms with van der Waals surface area (Å²) < 4.78 is 231. The van der Waals surface area contributed by atoms with Gasteiger partial charge >= 0.3 is 47.4 Å². The molecule has 0 amide bonds. The first kappa shape index (κ1) is 28.7. The van der Waals surface area contributed by atoms with Gasteiger partial charge in [0.05, 0.1) is 0 Å². The second kappa shape index (κ2) is 7.09. The zero-order chi connectivity index (χ0) is 25.2. The lowest BCUT2D eigenvalue weighted by Crippen LogP contribution is -2.75. The third-order valence-electron chi connectivity index (χ3n) is 3.41. The topological polar surface area (TPSA) is 40.5 Å². The van der Waals surface area contributed by atoms with Gasteiger partial charge in [0.2, 0.25) is 0 Å². The van der Waals surface area contributed by atoms with Crippen LogP contribution in [0.3, 0.4) is 0 Å². The molecule has 0 aromatic carbocycles. The summed E-state index contributed by atoms with van der Waals surface area (Å²) >= 11 is 0. The molecule has 0 fully saturated rings. The minimum Gasteiger partial charge on any atom is -0.359 e. The molecule has 0 radical (unpaired) electrons. The minimum atomic E-state index is -8.83. The van der Waals surface area contributed by atoms with E-state index in [1.54, 1.807) is 0 Å². The molecular weight excluding hydrogens is 494 g/mol. The lowest BCUT2D eigenvalue weighted by Gasteiger charge is -2.43. The highest BCUT2D eigenvalue weighted by Crippen LogP contribution is 2.64. The lowest BCUT2D eigenvalue weighted by molar-refractivity contribution is -0.463. The average Bonchev–Trinajstić information content (AvgIpc) is 2.52. The standard InChI is InChI=1S/C10H4F18O2/c11-1(29)3(13,14)5(17,18)7(21,22)9(25,26)10(27,28)8(23,24)6(19,20)4(15,16)2(12)30/h1-2,29-30H. The fourth-order valence-corrected chi connectivity index (χ4v) is 1.51. The van der Waals surface area contributed by atoms with E-state index in [2.05, 4.69) is 0 Å². The molecule has 0 rings (SSSR count). The maximum Gasteiger partial charge on any atom is 0.385 e. The first-order valence-corrected chi connectivity index (χ1v) is 6.30. The maximum absolute atomic E-state index is 13.2. The van der Waals surface area contributed by atoms with Crippen LogP contribution in [-0.4, -0.2) is 70.3 Å². The lowest BCUT2D eigenvalue weighted by atomic mass is 9.87. The van der Waals surface area contributed by atoms with Crippen LogP contribution in [0.25, 0.3) is 0 Å². The van der Waals surface area contributed by atoms with Crippen LogP contribution in [0.1, 0.15) is 0 Å². The molecule has 0 aliphatic carbocycles. The number of aliphatic hydroxyl groups is 2. The van der Waals surface area contributed by atoms with Gasteiger partial charge in [-0.15, -0.1) is 0 Å². The highest BCUT2D eigenvalue weighted by molar-refractivity contribution is 5.16. The summed E-state index contributed by atoms with van der Waals surface area (Å²) in [5.74, 6) is -66.3. The molecule has 0 aliphatic heterocycles. The summed E-state index contributed by atoms with van der Waals surface area (Å²) in [7, 11) is 0. The number of halogens is 18. The number of rotatable bonds is 9. The average molecular weight is 498 g/mol. The van der Waals surface area contributed by atoms with Crippen LogP contribution in [0.4, 0.5) is 79.0 Å². The van der Waals surface area contributed by atoms with Gasteiger partial charge in [-0.25, -0.2) is 8.78 Å². The molecule has 0 saturated heterocycles. The van der Waals surface area contributed by atoms with Crippen molar-refractivity contribution >= 4 is 0 Å². The predicted octanol–water partition coefficient (Wildman–Crippen LogP) is 4.64. The largest absolute Gasteiger partial charge is 0.385 e. The van der Waals surface area contributed by atoms with Crippen molar-refractivity contribution in [1.82, 2.24) is 0 Å². The first-order valence-electron chi connectivity index (χ1n) is 6.30. The predicted molar refractivity (Wildman–Crippen MR) is 53.8 cm³/mol. The van der Waals surface area contributed by atoms with Crippen molar-refractivity contribution in [3.8, 4) is 0 Å². The molecule has 2 nitrogen and oxygen atoms in total. The molecule has 2 atom stereocenters. The maximum atomic E-state index is 13.2. The zero-order valence-corrected chi connectivity index (χ0v) is 12.9. The Bertz CT molecular complexity index is 568. The van der Waals surface area contributed by atoms with Crippen LogP contribution in [0.5, 0.6) is 0 Å². The Kier molecular flexibility index (Phi) is 6.77. The number of hydrogen-bond donors (Lipinski definition) is 2. The van der Waals surface area contributed by atoms with E-state index < -0.39 is 60.1 Å². The molecule has 2 N–H and O–H groups in total. The molecule has 0 saturated carbocycles. The van der Waals surface area contributed by atoms with Gasteiger partial charge in [-0.1, -0.05) is 0 Å². The molecule has 182 valence electrons. The Morgan fingerprint density at radius 1 is 0.333 bits per heavy atom. The molecular formula is C10H4F18O2. The highest BCUT2D eigenvalue weighted by Gasteiger charge is 2.95. The van der Waals surface area contributed by atoms with Gasteiger partial charge in [0, 0.05) is 0 Å². The van der Waals surface area contributed by atoms with E-state index in [-0.39, 0.29) is 0 Å². The van der Waals surface area contributed by atoms with Gasteiger partial charge in [0.25, 0.3) is 12.7 Å². The minimum absolute atomic E-state index is 5.55. The normalized spacial score (nSPS) is 18.4. The van der Waals surface area contributed by atoms with E-state index in [1.807, 2.05) is 0 Å². The second-order valence-electron chi connectivity index (χ2n) is 5.36. The van der Waals surface area contributed by atoms with Crippen molar-refractivity contribution in [2.24, 2.45) is 0 Å². The molecule has 0 heterocycles. The number of alkyl halides is 18. The van der Waals surface area contributed by atoms with Crippen LogP contribution in [0.15, 0.2) is 0 Å². The molecule has 0 aromatic heterocycles. The Balaban J connectivity index is 6.82. The van der Waals surface area contributed by atoms with Crippen molar-refractivity contribution in [1.29, 1.82) is 0 Å². The molecule has 0 bridgehead atoms. The first-order chi connectivity index (χ1) is 12.6. The van der Waals surface area contributed by atoms with E-state index >= 15 is 0 Å². The highest BCUT2D eigenvalue weighted by atomic mass is 19.4. The van der Waals surface area contributed by atoms with Crippen molar-refractivity contribution < 1.29 is 89.2 Å².